The van der Waals surface area contributed by atoms with Gasteiger partial charge in [0.25, 0.3) is 5.91 Å². The fourth-order valence-corrected chi connectivity index (χ4v) is 3.30. The third-order valence-electron chi connectivity index (χ3n) is 5.03. The Labute approximate surface area is 150 Å². The highest BCUT2D eigenvalue weighted by Gasteiger charge is 2.35. The van der Waals surface area contributed by atoms with Crippen molar-refractivity contribution in [1.82, 2.24) is 20.4 Å². The van der Waals surface area contributed by atoms with Gasteiger partial charge < -0.3 is 10.2 Å². The lowest BCUT2D eigenvalue weighted by molar-refractivity contribution is -0.133. The number of piperidine rings is 1. The summed E-state index contributed by atoms with van der Waals surface area (Å²) in [6, 6.07) is 7.69. The van der Waals surface area contributed by atoms with Gasteiger partial charge in [-0.05, 0) is 56.0 Å². The fourth-order valence-electron chi connectivity index (χ4n) is 3.30. The summed E-state index contributed by atoms with van der Waals surface area (Å²) in [7, 11) is 0. The molecule has 0 radical (unpaired) electrons. The lowest BCUT2D eigenvalue weighted by Crippen LogP contribution is -2.47. The zero-order valence-electron chi connectivity index (χ0n) is 14.4. The molecule has 1 saturated carbocycles. The van der Waals surface area contributed by atoms with Gasteiger partial charge in [-0.25, -0.2) is 4.39 Å². The van der Waals surface area contributed by atoms with Crippen molar-refractivity contribution in [2.45, 2.75) is 31.7 Å². The van der Waals surface area contributed by atoms with Crippen molar-refractivity contribution in [2.24, 2.45) is 5.92 Å². The standard InChI is InChI=1S/C19H21FN4O2/c20-14-5-3-12(4-6-14)16-11-17(23-22-16)18(25)21-15-7-9-24(10-8-15)19(26)13-1-2-13/h3-6,11,13,15H,1-2,7-10H2,(H,21,25)(H,22,23). The number of aromatic nitrogens is 2. The Hall–Kier alpha value is -2.70. The van der Waals surface area contributed by atoms with Crippen molar-refractivity contribution >= 4 is 11.8 Å². The highest BCUT2D eigenvalue weighted by Crippen LogP contribution is 2.31. The summed E-state index contributed by atoms with van der Waals surface area (Å²) in [6.07, 6.45) is 3.57. The predicted molar refractivity (Wildman–Crippen MR) is 93.8 cm³/mol. The van der Waals surface area contributed by atoms with Crippen LogP contribution in [0.2, 0.25) is 0 Å². The summed E-state index contributed by atoms with van der Waals surface area (Å²) < 4.78 is 13.0. The maximum absolute atomic E-state index is 13.0. The van der Waals surface area contributed by atoms with Gasteiger partial charge in [-0.1, -0.05) is 0 Å². The zero-order valence-corrected chi connectivity index (χ0v) is 14.4. The first-order chi connectivity index (χ1) is 12.6. The lowest BCUT2D eigenvalue weighted by atomic mass is 10.0. The van der Waals surface area contributed by atoms with E-state index in [9.17, 15) is 14.0 Å². The number of likely N-dealkylation sites (tertiary alicyclic amines) is 1. The summed E-state index contributed by atoms with van der Waals surface area (Å²) in [6.45, 7) is 1.40. The lowest BCUT2D eigenvalue weighted by Gasteiger charge is -2.32. The Morgan fingerprint density at radius 1 is 1.12 bits per heavy atom. The number of carbonyl (C=O) groups excluding carboxylic acids is 2. The molecule has 1 aromatic carbocycles. The molecular formula is C19H21FN4O2. The van der Waals surface area contributed by atoms with Crippen molar-refractivity contribution in [3.8, 4) is 11.3 Å². The number of nitrogens with one attached hydrogen (secondary N) is 2. The van der Waals surface area contributed by atoms with Gasteiger partial charge in [0, 0.05) is 30.6 Å². The number of nitrogens with zero attached hydrogens (tertiary/aromatic N) is 2. The van der Waals surface area contributed by atoms with Crippen LogP contribution in [0.3, 0.4) is 0 Å². The molecule has 1 aliphatic carbocycles. The normalized spacial score (nSPS) is 18.0. The molecule has 2 N–H and O–H groups in total. The molecule has 136 valence electrons. The number of halogens is 1. The second-order valence-corrected chi connectivity index (χ2v) is 7.02. The average molecular weight is 356 g/mol. The van der Waals surface area contributed by atoms with Gasteiger partial charge in [0.15, 0.2) is 0 Å². The van der Waals surface area contributed by atoms with Gasteiger partial charge in [0.2, 0.25) is 5.91 Å². The van der Waals surface area contributed by atoms with E-state index in [0.29, 0.717) is 24.5 Å². The molecule has 2 amide bonds. The van der Waals surface area contributed by atoms with E-state index in [4.69, 9.17) is 0 Å². The van der Waals surface area contributed by atoms with Crippen molar-refractivity contribution in [1.29, 1.82) is 0 Å². The first kappa shape index (κ1) is 16.8. The second kappa shape index (κ2) is 6.90. The molecule has 1 aromatic heterocycles. The Bertz CT molecular complexity index is 805. The quantitative estimate of drug-likeness (QED) is 0.883. The minimum Gasteiger partial charge on any atom is -0.348 e. The molecule has 0 bridgehead atoms. The van der Waals surface area contributed by atoms with Crippen molar-refractivity contribution in [2.75, 3.05) is 13.1 Å². The van der Waals surface area contributed by atoms with Gasteiger partial charge in [-0.15, -0.1) is 0 Å². The van der Waals surface area contributed by atoms with Gasteiger partial charge in [0.05, 0.1) is 5.69 Å². The molecule has 0 spiro atoms. The van der Waals surface area contributed by atoms with Crippen molar-refractivity contribution in [3.05, 3.63) is 41.8 Å². The van der Waals surface area contributed by atoms with Crippen LogP contribution in [0.25, 0.3) is 11.3 Å². The molecule has 26 heavy (non-hydrogen) atoms. The Kier molecular flexibility index (Phi) is 4.44. The summed E-state index contributed by atoms with van der Waals surface area (Å²) in [5.74, 6) is -0.00473. The van der Waals surface area contributed by atoms with E-state index in [1.165, 1.54) is 12.1 Å². The van der Waals surface area contributed by atoms with Crippen molar-refractivity contribution in [3.63, 3.8) is 0 Å². The molecule has 2 fully saturated rings. The van der Waals surface area contributed by atoms with E-state index in [1.54, 1.807) is 18.2 Å². The van der Waals surface area contributed by atoms with Crippen LogP contribution in [0.4, 0.5) is 4.39 Å². The number of H-pyrrole nitrogens is 1. The molecular weight excluding hydrogens is 335 g/mol. The number of hydrogen-bond donors (Lipinski definition) is 2. The van der Waals surface area contributed by atoms with Gasteiger partial charge in [-0.2, -0.15) is 5.10 Å². The number of hydrogen-bond acceptors (Lipinski definition) is 3. The van der Waals surface area contributed by atoms with Gasteiger partial charge in [0.1, 0.15) is 11.5 Å². The number of amides is 2. The molecule has 0 unspecified atom stereocenters. The van der Waals surface area contributed by atoms with E-state index in [1.807, 2.05) is 4.90 Å². The minimum atomic E-state index is -0.311. The third kappa shape index (κ3) is 3.61. The Morgan fingerprint density at radius 3 is 2.46 bits per heavy atom. The van der Waals surface area contributed by atoms with Gasteiger partial charge in [-0.3, -0.25) is 14.7 Å². The largest absolute Gasteiger partial charge is 0.348 e. The summed E-state index contributed by atoms with van der Waals surface area (Å²) in [4.78, 5) is 26.4. The summed E-state index contributed by atoms with van der Waals surface area (Å²) in [5, 5.41) is 9.87. The van der Waals surface area contributed by atoms with E-state index in [0.717, 1.165) is 31.2 Å². The van der Waals surface area contributed by atoms with Crippen LogP contribution in [0.1, 0.15) is 36.2 Å². The van der Waals surface area contributed by atoms with Crippen LogP contribution in [0.5, 0.6) is 0 Å². The van der Waals surface area contributed by atoms with Crippen LogP contribution >= 0.6 is 0 Å². The molecule has 2 aliphatic rings. The number of aromatic amines is 1. The maximum atomic E-state index is 13.0. The molecule has 4 rings (SSSR count). The first-order valence-corrected chi connectivity index (χ1v) is 9.01. The Balaban J connectivity index is 1.32. The molecule has 1 aliphatic heterocycles. The van der Waals surface area contributed by atoms with E-state index >= 15 is 0 Å². The van der Waals surface area contributed by atoms with Crippen LogP contribution in [-0.2, 0) is 4.79 Å². The fraction of sp³-hybridized carbons (Fsp3) is 0.421. The molecule has 6 nitrogen and oxygen atoms in total. The molecule has 1 saturated heterocycles. The third-order valence-corrected chi connectivity index (χ3v) is 5.03. The van der Waals surface area contributed by atoms with Crippen LogP contribution in [-0.4, -0.2) is 46.0 Å². The average Bonchev–Trinajstić information content (AvgIpc) is 3.39. The number of benzene rings is 1. The summed E-state index contributed by atoms with van der Waals surface area (Å²) >= 11 is 0. The Morgan fingerprint density at radius 2 is 1.81 bits per heavy atom. The number of carbonyl (C=O) groups is 2. The van der Waals surface area contributed by atoms with E-state index < -0.39 is 0 Å². The van der Waals surface area contributed by atoms with Crippen LogP contribution < -0.4 is 5.32 Å². The van der Waals surface area contributed by atoms with Crippen LogP contribution in [0, 0.1) is 11.7 Å². The summed E-state index contributed by atoms with van der Waals surface area (Å²) in [5.41, 5.74) is 1.72. The zero-order chi connectivity index (χ0) is 18.1. The van der Waals surface area contributed by atoms with E-state index in [-0.39, 0.29) is 29.6 Å². The molecule has 0 atom stereocenters. The van der Waals surface area contributed by atoms with Crippen LogP contribution in [0.15, 0.2) is 30.3 Å². The highest BCUT2D eigenvalue weighted by molar-refractivity contribution is 5.93. The molecule has 2 aromatic rings. The number of rotatable bonds is 4. The predicted octanol–water partition coefficient (Wildman–Crippen LogP) is 2.35. The minimum absolute atomic E-state index is 0.0586. The maximum Gasteiger partial charge on any atom is 0.269 e. The second-order valence-electron chi connectivity index (χ2n) is 7.02. The highest BCUT2D eigenvalue weighted by atomic mass is 19.1. The SMILES string of the molecule is O=C(NC1CCN(C(=O)C2CC2)CC1)c1cc(-c2ccc(F)cc2)n[nH]1. The van der Waals surface area contributed by atoms with E-state index in [2.05, 4.69) is 15.5 Å². The first-order valence-electron chi connectivity index (χ1n) is 9.01. The smallest absolute Gasteiger partial charge is 0.269 e. The molecule has 7 heteroatoms. The monoisotopic (exact) mass is 356 g/mol. The topological polar surface area (TPSA) is 78.1 Å². The molecule has 2 heterocycles. The van der Waals surface area contributed by atoms with Gasteiger partial charge >= 0.3 is 0 Å². The van der Waals surface area contributed by atoms with Crippen molar-refractivity contribution < 1.29 is 14.0 Å².